The summed E-state index contributed by atoms with van der Waals surface area (Å²) in [7, 11) is 0. The van der Waals surface area contributed by atoms with Gasteiger partial charge in [0, 0.05) is 36.4 Å². The Labute approximate surface area is 203 Å². The van der Waals surface area contributed by atoms with Gasteiger partial charge in [-0.05, 0) is 75.0 Å². The summed E-state index contributed by atoms with van der Waals surface area (Å²) in [5.41, 5.74) is -1.33. The molecule has 5 rings (SSSR count). The fraction of sp³-hybridized carbons (Fsp3) is 0.821. The van der Waals surface area contributed by atoms with Crippen LogP contribution in [0.3, 0.4) is 0 Å². The molecule has 0 aromatic carbocycles. The number of aliphatic hydroxyl groups is 2. The van der Waals surface area contributed by atoms with Gasteiger partial charge < -0.3 is 10.2 Å². The molecule has 0 aliphatic heterocycles. The Bertz CT molecular complexity index is 984. The Kier molecular flexibility index (Phi) is 5.97. The first-order valence-corrected chi connectivity index (χ1v) is 13.5. The van der Waals surface area contributed by atoms with Crippen molar-refractivity contribution in [2.45, 2.75) is 103 Å². The van der Waals surface area contributed by atoms with Crippen LogP contribution in [-0.4, -0.2) is 37.0 Å². The molecule has 1 heterocycles. The monoisotopic (exact) mass is 467 g/mol. The highest BCUT2D eigenvalue weighted by molar-refractivity contribution is 5.84. The van der Waals surface area contributed by atoms with Crippen molar-refractivity contribution in [2.24, 2.45) is 40.9 Å². The zero-order valence-corrected chi connectivity index (χ0v) is 21.0. The van der Waals surface area contributed by atoms with E-state index in [1.807, 2.05) is 0 Å². The Hall–Kier alpha value is -1.71. The summed E-state index contributed by atoms with van der Waals surface area (Å²) in [5.74, 6) is 2.02. The van der Waals surface area contributed by atoms with Gasteiger partial charge in [-0.2, -0.15) is 10.4 Å². The van der Waals surface area contributed by atoms with Crippen LogP contribution < -0.4 is 0 Å². The normalized spacial score (nSPS) is 44.6. The molecular weight excluding hydrogens is 426 g/mol. The molecule has 34 heavy (non-hydrogen) atoms. The van der Waals surface area contributed by atoms with Crippen molar-refractivity contribution < 1.29 is 15.0 Å². The van der Waals surface area contributed by atoms with Crippen LogP contribution in [0.15, 0.2) is 12.4 Å². The minimum absolute atomic E-state index is 0.0617. The minimum atomic E-state index is -0.915. The van der Waals surface area contributed by atoms with Crippen molar-refractivity contribution in [2.75, 3.05) is 0 Å². The highest BCUT2D eigenvalue weighted by Gasteiger charge is 2.66. The van der Waals surface area contributed by atoms with Gasteiger partial charge in [-0.3, -0.25) is 9.48 Å². The fourth-order valence-corrected chi connectivity index (χ4v) is 9.24. The molecule has 6 heteroatoms. The first-order valence-electron chi connectivity index (χ1n) is 13.5. The number of aromatic nitrogens is 2. The van der Waals surface area contributed by atoms with E-state index in [4.69, 9.17) is 5.26 Å². The molecule has 4 saturated carbocycles. The van der Waals surface area contributed by atoms with E-state index in [0.29, 0.717) is 48.0 Å². The molecule has 2 N–H and O–H groups in total. The quantitative estimate of drug-likeness (QED) is 0.665. The smallest absolute Gasteiger partial charge is 0.137 e. The lowest BCUT2D eigenvalue weighted by Gasteiger charge is -2.58. The molecule has 0 spiro atoms. The number of rotatable bonds is 5. The SMILES string of the molecule is CCC[C@@]1(O)CC[C@H]2[C@H](CC[C@@H]3[C@@H]2C(=O)C[C@@]2(C)[C@H]3CC[C@]2(O)[C@H](C)Cn2cc(C#N)cn2)C1. The lowest BCUT2D eigenvalue weighted by Crippen LogP contribution is -2.59. The Balaban J connectivity index is 1.36. The standard InChI is InChI=1S/C28H41N3O3/c1-4-9-27(33)10-7-21-20(12-27)5-6-22-23-8-11-28(34,26(23,3)13-24(32)25(21)22)18(2)16-31-17-19(14-29)15-30-31/h15,17-18,20-23,25,33-34H,4-13,16H2,1-3H3/t18-,20-,21+,22+,23+,25-,26+,27-,28+/m1/s1. The van der Waals surface area contributed by atoms with Gasteiger partial charge in [0.25, 0.3) is 0 Å². The Morgan fingerprint density at radius 3 is 2.74 bits per heavy atom. The maximum absolute atomic E-state index is 13.8. The van der Waals surface area contributed by atoms with Crippen LogP contribution in [0, 0.1) is 52.3 Å². The van der Waals surface area contributed by atoms with E-state index >= 15 is 0 Å². The molecule has 6 nitrogen and oxygen atoms in total. The summed E-state index contributed by atoms with van der Waals surface area (Å²) in [6.45, 7) is 6.93. The van der Waals surface area contributed by atoms with Gasteiger partial charge in [0.1, 0.15) is 11.9 Å². The first-order chi connectivity index (χ1) is 16.1. The van der Waals surface area contributed by atoms with Gasteiger partial charge >= 0.3 is 0 Å². The van der Waals surface area contributed by atoms with Crippen LogP contribution in [0.1, 0.15) is 90.5 Å². The first kappa shape index (κ1) is 24.0. The van der Waals surface area contributed by atoms with Crippen LogP contribution >= 0.6 is 0 Å². The van der Waals surface area contributed by atoms with Crippen molar-refractivity contribution in [3.63, 3.8) is 0 Å². The summed E-state index contributed by atoms with van der Waals surface area (Å²) >= 11 is 0. The number of Topliss-reactive ketones (excluding diaryl/α,β-unsaturated/α-hetero) is 1. The van der Waals surface area contributed by atoms with Gasteiger partial charge in [-0.15, -0.1) is 0 Å². The predicted molar refractivity (Wildman–Crippen MR) is 128 cm³/mol. The summed E-state index contributed by atoms with van der Waals surface area (Å²) in [4.78, 5) is 13.8. The fourth-order valence-electron chi connectivity index (χ4n) is 9.24. The van der Waals surface area contributed by atoms with Crippen LogP contribution in [0.2, 0.25) is 0 Å². The largest absolute Gasteiger partial charge is 0.390 e. The van der Waals surface area contributed by atoms with E-state index in [1.54, 1.807) is 17.1 Å². The third-order valence-electron chi connectivity index (χ3n) is 10.8. The molecular formula is C28H41N3O3. The van der Waals surface area contributed by atoms with Crippen LogP contribution in [0.5, 0.6) is 0 Å². The van der Waals surface area contributed by atoms with E-state index in [0.717, 1.165) is 57.8 Å². The summed E-state index contributed by atoms with van der Waals surface area (Å²) in [5, 5.41) is 36.6. The number of nitrogens with zero attached hydrogens (tertiary/aromatic N) is 3. The average Bonchev–Trinajstić information content (AvgIpc) is 3.35. The van der Waals surface area contributed by atoms with Gasteiger partial charge in [0.2, 0.25) is 0 Å². The molecule has 0 amide bonds. The molecule has 186 valence electrons. The molecule has 0 saturated heterocycles. The molecule has 4 fully saturated rings. The number of fused-ring (bicyclic) bond motifs is 5. The van der Waals surface area contributed by atoms with Crippen LogP contribution in [0.25, 0.3) is 0 Å². The van der Waals surface area contributed by atoms with E-state index in [-0.39, 0.29) is 11.8 Å². The number of ketones is 1. The molecule has 0 unspecified atom stereocenters. The number of hydrogen-bond donors (Lipinski definition) is 2. The Morgan fingerprint density at radius 1 is 1.24 bits per heavy atom. The van der Waals surface area contributed by atoms with Gasteiger partial charge in [-0.1, -0.05) is 27.2 Å². The molecule has 4 aliphatic rings. The molecule has 1 aromatic heterocycles. The predicted octanol–water partition coefficient (Wildman–Crippen LogP) is 4.48. The summed E-state index contributed by atoms with van der Waals surface area (Å²) < 4.78 is 1.76. The third kappa shape index (κ3) is 3.57. The molecule has 0 radical (unpaired) electrons. The second kappa shape index (κ2) is 8.45. The Morgan fingerprint density at radius 2 is 2.03 bits per heavy atom. The average molecular weight is 468 g/mol. The maximum atomic E-state index is 13.8. The van der Waals surface area contributed by atoms with E-state index < -0.39 is 16.6 Å². The number of nitriles is 1. The van der Waals surface area contributed by atoms with Gasteiger partial charge in [-0.25, -0.2) is 0 Å². The van der Waals surface area contributed by atoms with Crippen molar-refractivity contribution in [1.29, 1.82) is 5.26 Å². The lowest BCUT2D eigenvalue weighted by molar-refractivity contribution is -0.174. The second-order valence-electron chi connectivity index (χ2n) is 12.5. The summed E-state index contributed by atoms with van der Waals surface area (Å²) in [6, 6.07) is 2.12. The number of carbonyl (C=O) groups is 1. The van der Waals surface area contributed by atoms with Crippen molar-refractivity contribution in [3.05, 3.63) is 18.0 Å². The van der Waals surface area contributed by atoms with Crippen LogP contribution in [0.4, 0.5) is 0 Å². The zero-order valence-electron chi connectivity index (χ0n) is 21.0. The molecule has 9 atom stereocenters. The maximum Gasteiger partial charge on any atom is 0.137 e. The highest BCUT2D eigenvalue weighted by Crippen LogP contribution is 2.66. The van der Waals surface area contributed by atoms with Gasteiger partial charge in [0.15, 0.2) is 0 Å². The lowest BCUT2D eigenvalue weighted by atomic mass is 9.47. The zero-order chi connectivity index (χ0) is 24.3. The topological polar surface area (TPSA) is 99.1 Å². The summed E-state index contributed by atoms with van der Waals surface area (Å²) in [6.07, 6.45) is 12.2. The number of hydrogen-bond acceptors (Lipinski definition) is 5. The second-order valence-corrected chi connectivity index (χ2v) is 12.5. The van der Waals surface area contributed by atoms with E-state index in [1.165, 1.54) is 0 Å². The number of carbonyl (C=O) groups excluding carboxylic acids is 1. The van der Waals surface area contributed by atoms with Crippen molar-refractivity contribution in [3.8, 4) is 6.07 Å². The van der Waals surface area contributed by atoms with E-state index in [2.05, 4.69) is 31.9 Å². The van der Waals surface area contributed by atoms with E-state index in [9.17, 15) is 15.0 Å². The van der Waals surface area contributed by atoms with Crippen LogP contribution in [-0.2, 0) is 11.3 Å². The highest BCUT2D eigenvalue weighted by atomic mass is 16.3. The van der Waals surface area contributed by atoms with Gasteiger partial charge in [0.05, 0.1) is 23.0 Å². The molecule has 4 aliphatic carbocycles. The minimum Gasteiger partial charge on any atom is -0.390 e. The molecule has 0 bridgehead atoms. The van der Waals surface area contributed by atoms with Crippen molar-refractivity contribution in [1.82, 2.24) is 9.78 Å². The third-order valence-corrected chi connectivity index (χ3v) is 10.8. The molecule has 1 aromatic rings. The van der Waals surface area contributed by atoms with Crippen molar-refractivity contribution >= 4 is 5.78 Å².